The van der Waals surface area contributed by atoms with Crippen molar-refractivity contribution in [3.05, 3.63) is 17.4 Å². The van der Waals surface area contributed by atoms with Crippen LogP contribution in [0.5, 0.6) is 0 Å². The number of nitrogens with zero attached hydrogens (tertiary/aromatic N) is 3. The van der Waals surface area contributed by atoms with E-state index in [1.807, 2.05) is 0 Å². The summed E-state index contributed by atoms with van der Waals surface area (Å²) in [4.78, 5) is 13.9. The molecular weight excluding hydrogens is 340 g/mol. The molecule has 0 bridgehead atoms. The van der Waals surface area contributed by atoms with Crippen molar-refractivity contribution >= 4 is 27.5 Å². The summed E-state index contributed by atoms with van der Waals surface area (Å²) in [6, 6.07) is -0.123. The standard InChI is InChI=1S/C14H23ClN4O3S/c1-23(21,22)11-12-4-2-6-18(9-12)14(20)16-5-3-7-19-10-13(15)8-17-19/h8,10,12H,2-7,9,11H2,1H3,(H,16,20)/t12-/m1/s1. The minimum atomic E-state index is -3.00. The lowest BCUT2D eigenvalue weighted by atomic mass is 10.0. The van der Waals surface area contributed by atoms with Crippen molar-refractivity contribution in [1.82, 2.24) is 20.0 Å². The molecule has 1 fully saturated rings. The summed E-state index contributed by atoms with van der Waals surface area (Å²) in [6.07, 6.45) is 7.02. The molecule has 0 spiro atoms. The van der Waals surface area contributed by atoms with Crippen molar-refractivity contribution in [3.8, 4) is 0 Å². The number of aromatic nitrogens is 2. The van der Waals surface area contributed by atoms with Gasteiger partial charge in [0.25, 0.3) is 0 Å². The summed E-state index contributed by atoms with van der Waals surface area (Å²) < 4.78 is 24.5. The third-order valence-corrected chi connectivity index (χ3v) is 5.06. The zero-order chi connectivity index (χ0) is 16.9. The highest BCUT2D eigenvalue weighted by atomic mass is 35.5. The molecular formula is C14H23ClN4O3S. The summed E-state index contributed by atoms with van der Waals surface area (Å²) in [7, 11) is -3.00. The van der Waals surface area contributed by atoms with Gasteiger partial charge in [0.05, 0.1) is 17.0 Å². The third-order valence-electron chi connectivity index (χ3n) is 3.79. The highest BCUT2D eigenvalue weighted by molar-refractivity contribution is 7.90. The SMILES string of the molecule is CS(=O)(=O)C[C@@H]1CCCN(C(=O)NCCCn2cc(Cl)cn2)C1. The molecule has 0 aromatic carbocycles. The fraction of sp³-hybridized carbons (Fsp3) is 0.714. The van der Waals surface area contributed by atoms with Gasteiger partial charge in [-0.3, -0.25) is 4.68 Å². The molecule has 7 nitrogen and oxygen atoms in total. The van der Waals surface area contributed by atoms with Crippen molar-refractivity contribution in [2.75, 3.05) is 31.6 Å². The first kappa shape index (κ1) is 18.1. The lowest BCUT2D eigenvalue weighted by Gasteiger charge is -2.32. The number of hydrogen-bond acceptors (Lipinski definition) is 4. The zero-order valence-electron chi connectivity index (χ0n) is 13.2. The minimum Gasteiger partial charge on any atom is -0.338 e. The predicted octanol–water partition coefficient (Wildman–Crippen LogP) is 1.39. The normalized spacial score (nSPS) is 18.9. The van der Waals surface area contributed by atoms with Crippen molar-refractivity contribution < 1.29 is 13.2 Å². The van der Waals surface area contributed by atoms with Crippen LogP contribution in [-0.2, 0) is 16.4 Å². The van der Waals surface area contributed by atoms with Crippen LogP contribution in [0, 0.1) is 5.92 Å². The molecule has 0 radical (unpaired) electrons. The van der Waals surface area contributed by atoms with Crippen molar-refractivity contribution in [2.45, 2.75) is 25.8 Å². The number of amides is 2. The average molecular weight is 363 g/mol. The molecule has 0 unspecified atom stereocenters. The Balaban J connectivity index is 1.70. The van der Waals surface area contributed by atoms with E-state index in [9.17, 15) is 13.2 Å². The number of carbonyl (C=O) groups excluding carboxylic acids is 1. The van der Waals surface area contributed by atoms with Crippen LogP contribution in [0.2, 0.25) is 5.02 Å². The van der Waals surface area contributed by atoms with Gasteiger partial charge in [0.15, 0.2) is 0 Å². The Kier molecular flexibility index (Phi) is 6.29. The molecule has 2 rings (SSSR count). The Hall–Kier alpha value is -1.28. The lowest BCUT2D eigenvalue weighted by Crippen LogP contribution is -2.46. The molecule has 1 atom stereocenters. The molecule has 23 heavy (non-hydrogen) atoms. The van der Waals surface area contributed by atoms with Crippen LogP contribution >= 0.6 is 11.6 Å². The number of nitrogens with one attached hydrogen (secondary N) is 1. The summed E-state index contributed by atoms with van der Waals surface area (Å²) in [6.45, 7) is 2.42. The van der Waals surface area contributed by atoms with Gasteiger partial charge in [0, 0.05) is 38.6 Å². The van der Waals surface area contributed by atoms with Gasteiger partial charge in [-0.1, -0.05) is 11.6 Å². The number of aryl methyl sites for hydroxylation is 1. The number of urea groups is 1. The van der Waals surface area contributed by atoms with Gasteiger partial charge < -0.3 is 10.2 Å². The molecule has 130 valence electrons. The number of halogens is 1. The summed E-state index contributed by atoms with van der Waals surface area (Å²) in [5, 5.41) is 7.54. The molecule has 1 N–H and O–H groups in total. The Bertz CT molecular complexity index is 632. The molecule has 1 aromatic rings. The van der Waals surface area contributed by atoms with Crippen LogP contribution in [0.25, 0.3) is 0 Å². The van der Waals surface area contributed by atoms with Crippen LogP contribution < -0.4 is 5.32 Å². The maximum Gasteiger partial charge on any atom is 0.317 e. The molecule has 1 saturated heterocycles. The average Bonchev–Trinajstić information content (AvgIpc) is 2.87. The van der Waals surface area contributed by atoms with Crippen molar-refractivity contribution in [1.29, 1.82) is 0 Å². The second-order valence-electron chi connectivity index (χ2n) is 6.05. The van der Waals surface area contributed by atoms with E-state index in [-0.39, 0.29) is 17.7 Å². The van der Waals surface area contributed by atoms with Gasteiger partial charge in [0.1, 0.15) is 9.84 Å². The second kappa shape index (κ2) is 8.01. The van der Waals surface area contributed by atoms with Gasteiger partial charge in [-0.25, -0.2) is 13.2 Å². The van der Waals surface area contributed by atoms with E-state index >= 15 is 0 Å². The second-order valence-corrected chi connectivity index (χ2v) is 8.68. The fourth-order valence-corrected chi connectivity index (χ4v) is 4.11. The molecule has 2 heterocycles. The number of sulfone groups is 1. The van der Waals surface area contributed by atoms with Crippen molar-refractivity contribution in [2.24, 2.45) is 5.92 Å². The Morgan fingerprint density at radius 3 is 2.96 bits per heavy atom. The monoisotopic (exact) mass is 362 g/mol. The first-order valence-electron chi connectivity index (χ1n) is 7.72. The predicted molar refractivity (Wildman–Crippen MR) is 89.3 cm³/mol. The molecule has 1 aliphatic rings. The Morgan fingerprint density at radius 1 is 1.52 bits per heavy atom. The van der Waals surface area contributed by atoms with Gasteiger partial charge >= 0.3 is 6.03 Å². The first-order chi connectivity index (χ1) is 10.8. The van der Waals surface area contributed by atoms with Gasteiger partial charge in [0.2, 0.25) is 0 Å². The maximum atomic E-state index is 12.1. The van der Waals surface area contributed by atoms with E-state index < -0.39 is 9.84 Å². The molecule has 1 aromatic heterocycles. The van der Waals surface area contributed by atoms with E-state index in [1.54, 1.807) is 22.0 Å². The topological polar surface area (TPSA) is 84.3 Å². The first-order valence-corrected chi connectivity index (χ1v) is 10.2. The quantitative estimate of drug-likeness (QED) is 0.775. The number of likely N-dealkylation sites (tertiary alicyclic amines) is 1. The van der Waals surface area contributed by atoms with E-state index in [4.69, 9.17) is 11.6 Å². The molecule has 0 saturated carbocycles. The number of piperidine rings is 1. The van der Waals surface area contributed by atoms with E-state index in [0.717, 1.165) is 19.3 Å². The summed E-state index contributed by atoms with van der Waals surface area (Å²) >= 11 is 5.78. The van der Waals surface area contributed by atoms with Crippen LogP contribution in [0.3, 0.4) is 0 Å². The maximum absolute atomic E-state index is 12.1. The molecule has 9 heteroatoms. The number of rotatable bonds is 6. The number of hydrogen-bond donors (Lipinski definition) is 1. The number of carbonyl (C=O) groups is 1. The highest BCUT2D eigenvalue weighted by Crippen LogP contribution is 2.18. The van der Waals surface area contributed by atoms with Gasteiger partial charge in [-0.15, -0.1) is 0 Å². The van der Waals surface area contributed by atoms with Gasteiger partial charge in [-0.05, 0) is 25.2 Å². The third kappa shape index (κ3) is 6.39. The fourth-order valence-electron chi connectivity index (χ4n) is 2.82. The Labute approximate surface area is 141 Å². The zero-order valence-corrected chi connectivity index (χ0v) is 14.8. The van der Waals surface area contributed by atoms with E-state index in [0.29, 0.717) is 31.2 Å². The molecule has 2 amide bonds. The van der Waals surface area contributed by atoms with Crippen LogP contribution in [-0.4, -0.2) is 60.8 Å². The largest absolute Gasteiger partial charge is 0.338 e. The van der Waals surface area contributed by atoms with Crippen LogP contribution in [0.15, 0.2) is 12.4 Å². The molecule has 0 aliphatic carbocycles. The van der Waals surface area contributed by atoms with Crippen LogP contribution in [0.4, 0.5) is 4.79 Å². The van der Waals surface area contributed by atoms with E-state index in [2.05, 4.69) is 10.4 Å². The van der Waals surface area contributed by atoms with Crippen molar-refractivity contribution in [3.63, 3.8) is 0 Å². The summed E-state index contributed by atoms with van der Waals surface area (Å²) in [5.74, 6) is 0.187. The Morgan fingerprint density at radius 2 is 2.30 bits per heavy atom. The highest BCUT2D eigenvalue weighted by Gasteiger charge is 2.25. The van der Waals surface area contributed by atoms with Crippen LogP contribution in [0.1, 0.15) is 19.3 Å². The smallest absolute Gasteiger partial charge is 0.317 e. The molecule has 1 aliphatic heterocycles. The van der Waals surface area contributed by atoms with E-state index in [1.165, 1.54) is 6.26 Å². The lowest BCUT2D eigenvalue weighted by molar-refractivity contribution is 0.170. The summed E-state index contributed by atoms with van der Waals surface area (Å²) in [5.41, 5.74) is 0. The van der Waals surface area contributed by atoms with Gasteiger partial charge in [-0.2, -0.15) is 5.10 Å². The minimum absolute atomic E-state index is 0.0377.